The van der Waals surface area contributed by atoms with Gasteiger partial charge >= 0.3 is 0 Å². The molecule has 1 aliphatic carbocycles. The fourth-order valence-electron chi connectivity index (χ4n) is 2.56. The molecule has 1 aromatic carbocycles. The first-order chi connectivity index (χ1) is 8.66. The number of rotatable bonds is 3. The molecule has 0 heterocycles. The summed E-state index contributed by atoms with van der Waals surface area (Å²) in [4.78, 5) is 12.1. The highest BCUT2D eigenvalue weighted by molar-refractivity contribution is 5.79. The molecule has 3 N–H and O–H groups in total. The van der Waals surface area contributed by atoms with Crippen molar-refractivity contribution >= 4 is 11.6 Å². The Labute approximate surface area is 109 Å². The van der Waals surface area contributed by atoms with Crippen LogP contribution in [0.1, 0.15) is 50.6 Å². The number of hydrogen-bond donors (Lipinski definition) is 2. The van der Waals surface area contributed by atoms with Gasteiger partial charge in [0.2, 0.25) is 5.91 Å². The second kappa shape index (κ2) is 5.89. The standard InChI is InChI=1S/C15H22N2O/c1-11(12-7-9-14(16)10-8-12)17-15(18)13-5-3-2-4-6-13/h7-11,13H,2-6,16H2,1H3,(H,17,18). The molecule has 1 atom stereocenters. The van der Waals surface area contributed by atoms with Crippen LogP contribution in [0.4, 0.5) is 5.69 Å². The van der Waals surface area contributed by atoms with Crippen molar-refractivity contribution in [1.82, 2.24) is 5.32 Å². The van der Waals surface area contributed by atoms with E-state index in [0.29, 0.717) is 0 Å². The largest absolute Gasteiger partial charge is 0.399 e. The summed E-state index contributed by atoms with van der Waals surface area (Å²) in [5.74, 6) is 0.425. The van der Waals surface area contributed by atoms with Crippen LogP contribution in [0.25, 0.3) is 0 Å². The normalized spacial score (nSPS) is 18.3. The fraction of sp³-hybridized carbons (Fsp3) is 0.533. The lowest BCUT2D eigenvalue weighted by atomic mass is 9.88. The van der Waals surface area contributed by atoms with Crippen molar-refractivity contribution < 1.29 is 4.79 Å². The highest BCUT2D eigenvalue weighted by Crippen LogP contribution is 2.24. The molecule has 98 valence electrons. The molecular formula is C15H22N2O. The fourth-order valence-corrected chi connectivity index (χ4v) is 2.56. The molecule has 2 rings (SSSR count). The van der Waals surface area contributed by atoms with E-state index in [0.717, 1.165) is 24.1 Å². The molecule has 1 amide bonds. The second-order valence-corrected chi connectivity index (χ2v) is 5.23. The average Bonchev–Trinajstić information content (AvgIpc) is 2.40. The maximum atomic E-state index is 12.1. The van der Waals surface area contributed by atoms with Crippen LogP contribution in [0.15, 0.2) is 24.3 Å². The first-order valence-corrected chi connectivity index (χ1v) is 6.82. The minimum atomic E-state index is 0.0556. The highest BCUT2D eigenvalue weighted by Gasteiger charge is 2.22. The Kier molecular flexibility index (Phi) is 4.24. The minimum absolute atomic E-state index is 0.0556. The van der Waals surface area contributed by atoms with E-state index in [9.17, 15) is 4.79 Å². The Balaban J connectivity index is 1.91. The number of amides is 1. The quantitative estimate of drug-likeness (QED) is 0.805. The molecule has 1 aliphatic rings. The zero-order valence-corrected chi connectivity index (χ0v) is 11.0. The van der Waals surface area contributed by atoms with Crippen molar-refractivity contribution in [1.29, 1.82) is 0 Å². The number of carbonyl (C=O) groups excluding carboxylic acids is 1. The van der Waals surface area contributed by atoms with Crippen molar-refractivity contribution in [3.63, 3.8) is 0 Å². The molecule has 3 heteroatoms. The Hall–Kier alpha value is -1.51. The predicted octanol–water partition coefficient (Wildman–Crippen LogP) is 3.03. The maximum Gasteiger partial charge on any atom is 0.223 e. The first kappa shape index (κ1) is 12.9. The predicted molar refractivity (Wildman–Crippen MR) is 74.0 cm³/mol. The Morgan fingerprint density at radius 3 is 2.44 bits per heavy atom. The van der Waals surface area contributed by atoms with Gasteiger partial charge in [0.25, 0.3) is 0 Å². The van der Waals surface area contributed by atoms with Crippen LogP contribution in [-0.2, 0) is 4.79 Å². The number of nitrogens with one attached hydrogen (secondary N) is 1. The summed E-state index contributed by atoms with van der Waals surface area (Å²) in [6.45, 7) is 2.02. The van der Waals surface area contributed by atoms with Gasteiger partial charge in [-0.05, 0) is 37.5 Å². The summed E-state index contributed by atoms with van der Waals surface area (Å²) in [7, 11) is 0. The number of anilines is 1. The van der Waals surface area contributed by atoms with E-state index in [4.69, 9.17) is 5.73 Å². The van der Waals surface area contributed by atoms with E-state index in [1.807, 2.05) is 31.2 Å². The smallest absolute Gasteiger partial charge is 0.223 e. The molecule has 0 bridgehead atoms. The van der Waals surface area contributed by atoms with Gasteiger partial charge in [0.05, 0.1) is 6.04 Å². The van der Waals surface area contributed by atoms with Gasteiger partial charge in [0.15, 0.2) is 0 Å². The van der Waals surface area contributed by atoms with Gasteiger partial charge in [0.1, 0.15) is 0 Å². The molecule has 1 fully saturated rings. The molecule has 0 saturated heterocycles. The second-order valence-electron chi connectivity index (χ2n) is 5.23. The van der Waals surface area contributed by atoms with Crippen LogP contribution in [0.2, 0.25) is 0 Å². The summed E-state index contributed by atoms with van der Waals surface area (Å²) in [6.07, 6.45) is 5.74. The summed E-state index contributed by atoms with van der Waals surface area (Å²) in [5.41, 5.74) is 7.52. The van der Waals surface area contributed by atoms with E-state index in [-0.39, 0.29) is 17.9 Å². The van der Waals surface area contributed by atoms with Gasteiger partial charge in [-0.25, -0.2) is 0 Å². The number of nitrogen functional groups attached to an aromatic ring is 1. The molecule has 3 nitrogen and oxygen atoms in total. The minimum Gasteiger partial charge on any atom is -0.399 e. The van der Waals surface area contributed by atoms with Crippen LogP contribution in [-0.4, -0.2) is 5.91 Å². The monoisotopic (exact) mass is 246 g/mol. The third-order valence-corrected chi connectivity index (χ3v) is 3.77. The van der Waals surface area contributed by atoms with E-state index < -0.39 is 0 Å². The average molecular weight is 246 g/mol. The first-order valence-electron chi connectivity index (χ1n) is 6.82. The lowest BCUT2D eigenvalue weighted by Crippen LogP contribution is -2.33. The SMILES string of the molecule is CC(NC(=O)C1CCCCC1)c1ccc(N)cc1. The van der Waals surface area contributed by atoms with Crippen molar-refractivity contribution in [3.05, 3.63) is 29.8 Å². The third-order valence-electron chi connectivity index (χ3n) is 3.77. The number of benzene rings is 1. The number of carbonyl (C=O) groups is 1. The van der Waals surface area contributed by atoms with Gasteiger partial charge < -0.3 is 11.1 Å². The zero-order valence-electron chi connectivity index (χ0n) is 11.0. The van der Waals surface area contributed by atoms with Crippen molar-refractivity contribution in [2.45, 2.75) is 45.1 Å². The van der Waals surface area contributed by atoms with E-state index in [1.165, 1.54) is 19.3 Å². The van der Waals surface area contributed by atoms with Crippen LogP contribution < -0.4 is 11.1 Å². The molecule has 1 unspecified atom stereocenters. The van der Waals surface area contributed by atoms with Crippen LogP contribution >= 0.6 is 0 Å². The topological polar surface area (TPSA) is 55.1 Å². The summed E-state index contributed by atoms with van der Waals surface area (Å²) in [5, 5.41) is 3.11. The lowest BCUT2D eigenvalue weighted by molar-refractivity contribution is -0.126. The van der Waals surface area contributed by atoms with Gasteiger partial charge in [-0.15, -0.1) is 0 Å². The van der Waals surface area contributed by atoms with Crippen LogP contribution in [0.3, 0.4) is 0 Å². The number of hydrogen-bond acceptors (Lipinski definition) is 2. The molecule has 1 saturated carbocycles. The summed E-state index contributed by atoms with van der Waals surface area (Å²) in [6, 6.07) is 7.75. The highest BCUT2D eigenvalue weighted by atomic mass is 16.1. The van der Waals surface area contributed by atoms with Gasteiger partial charge in [-0.2, -0.15) is 0 Å². The number of nitrogens with two attached hydrogens (primary N) is 1. The van der Waals surface area contributed by atoms with E-state index in [2.05, 4.69) is 5.32 Å². The molecule has 18 heavy (non-hydrogen) atoms. The van der Waals surface area contributed by atoms with E-state index in [1.54, 1.807) is 0 Å². The lowest BCUT2D eigenvalue weighted by Gasteiger charge is -2.23. The summed E-state index contributed by atoms with van der Waals surface area (Å²) >= 11 is 0. The Bertz CT molecular complexity index is 393. The molecular weight excluding hydrogens is 224 g/mol. The van der Waals surface area contributed by atoms with Gasteiger partial charge in [-0.1, -0.05) is 31.4 Å². The van der Waals surface area contributed by atoms with Crippen LogP contribution in [0, 0.1) is 5.92 Å². The van der Waals surface area contributed by atoms with Crippen molar-refractivity contribution in [2.24, 2.45) is 5.92 Å². The van der Waals surface area contributed by atoms with E-state index >= 15 is 0 Å². The van der Waals surface area contributed by atoms with Crippen molar-refractivity contribution in [3.8, 4) is 0 Å². The third kappa shape index (κ3) is 3.25. The zero-order chi connectivity index (χ0) is 13.0. The molecule has 1 aromatic rings. The van der Waals surface area contributed by atoms with Gasteiger partial charge in [0, 0.05) is 11.6 Å². The van der Waals surface area contributed by atoms with Gasteiger partial charge in [-0.3, -0.25) is 4.79 Å². The molecule has 0 radical (unpaired) electrons. The Morgan fingerprint density at radius 1 is 1.22 bits per heavy atom. The van der Waals surface area contributed by atoms with Crippen LogP contribution in [0.5, 0.6) is 0 Å². The molecule has 0 spiro atoms. The molecule has 0 aromatic heterocycles. The summed E-state index contributed by atoms with van der Waals surface area (Å²) < 4.78 is 0. The molecule has 0 aliphatic heterocycles. The Morgan fingerprint density at radius 2 is 1.83 bits per heavy atom. The van der Waals surface area contributed by atoms with Crippen molar-refractivity contribution in [2.75, 3.05) is 5.73 Å². The maximum absolute atomic E-state index is 12.1.